The molecule has 0 amide bonds. The minimum Gasteiger partial charge on any atom is -0.415 e. The molecule has 0 aliphatic carbocycles. The molecule has 0 bridgehead atoms. The molecule has 1 rings (SSSR count). The molecule has 1 aromatic rings. The zero-order valence-electron chi connectivity index (χ0n) is 11.5. The van der Waals surface area contributed by atoms with Gasteiger partial charge in [-0.05, 0) is 0 Å². The van der Waals surface area contributed by atoms with Crippen molar-refractivity contribution in [3.05, 3.63) is 5.89 Å². The van der Waals surface area contributed by atoms with E-state index in [0.29, 0.717) is 15.9 Å². The second-order valence-corrected chi connectivity index (χ2v) is 8.90. The summed E-state index contributed by atoms with van der Waals surface area (Å²) in [6, 6.07) is 0. The van der Waals surface area contributed by atoms with Crippen LogP contribution in [0.1, 0.15) is 47.4 Å². The van der Waals surface area contributed by atoms with Crippen LogP contribution in [0.15, 0.2) is 9.64 Å². The van der Waals surface area contributed by atoms with E-state index in [9.17, 15) is 0 Å². The number of nitrogens with zero attached hydrogens (tertiary/aromatic N) is 2. The molecule has 0 aliphatic heterocycles. The fourth-order valence-corrected chi connectivity index (χ4v) is 2.74. The highest BCUT2D eigenvalue weighted by Gasteiger charge is 2.21. The third-order valence-electron chi connectivity index (χ3n) is 1.89. The number of thioether (sulfide) groups is 2. The summed E-state index contributed by atoms with van der Waals surface area (Å²) in [4.78, 5) is 0. The molecule has 0 aromatic carbocycles. The molecule has 0 saturated carbocycles. The van der Waals surface area contributed by atoms with Crippen LogP contribution in [0.2, 0.25) is 0 Å². The Labute approximate surface area is 113 Å². The first-order valence-electron chi connectivity index (χ1n) is 5.79. The summed E-state index contributed by atoms with van der Waals surface area (Å²) in [6.07, 6.45) is 0. The molecule has 0 aliphatic rings. The molecular weight excluding hydrogens is 252 g/mol. The van der Waals surface area contributed by atoms with Crippen LogP contribution < -0.4 is 0 Å². The zero-order chi connectivity index (χ0) is 13.1. The minimum atomic E-state index is -0.0635. The molecule has 0 N–H and O–H groups in total. The Balaban J connectivity index is 2.36. The Morgan fingerprint density at radius 3 is 2.12 bits per heavy atom. The van der Waals surface area contributed by atoms with Gasteiger partial charge in [-0.1, -0.05) is 53.3 Å². The third-order valence-corrected chi connectivity index (χ3v) is 4.24. The molecule has 5 heteroatoms. The van der Waals surface area contributed by atoms with E-state index in [4.69, 9.17) is 4.42 Å². The van der Waals surface area contributed by atoms with Crippen molar-refractivity contribution < 1.29 is 4.42 Å². The lowest BCUT2D eigenvalue weighted by molar-refractivity contribution is 0.347. The van der Waals surface area contributed by atoms with Crippen LogP contribution in [-0.2, 0) is 5.41 Å². The number of hydrogen-bond acceptors (Lipinski definition) is 5. The summed E-state index contributed by atoms with van der Waals surface area (Å²) < 4.78 is 5.94. The van der Waals surface area contributed by atoms with Crippen LogP contribution in [0, 0.1) is 0 Å². The molecule has 0 radical (unpaired) electrons. The minimum absolute atomic E-state index is 0.0635. The van der Waals surface area contributed by atoms with Crippen LogP contribution >= 0.6 is 23.5 Å². The molecule has 0 unspecified atom stereocenters. The monoisotopic (exact) mass is 274 g/mol. The van der Waals surface area contributed by atoms with E-state index in [2.05, 4.69) is 51.7 Å². The molecule has 3 nitrogen and oxygen atoms in total. The van der Waals surface area contributed by atoms with Crippen molar-refractivity contribution in [3.8, 4) is 0 Å². The maximum absolute atomic E-state index is 5.61. The fourth-order valence-electron chi connectivity index (χ4n) is 1.05. The summed E-state index contributed by atoms with van der Waals surface area (Å²) in [5.74, 6) is 2.82. The van der Waals surface area contributed by atoms with Gasteiger partial charge in [0.1, 0.15) is 0 Å². The van der Waals surface area contributed by atoms with Crippen molar-refractivity contribution in [2.45, 2.75) is 56.9 Å². The lowest BCUT2D eigenvalue weighted by Crippen LogP contribution is -2.11. The summed E-state index contributed by atoms with van der Waals surface area (Å²) in [6.45, 7) is 12.9. The summed E-state index contributed by atoms with van der Waals surface area (Å²) in [5, 5.41) is 8.81. The Bertz CT molecular complexity index is 350. The topological polar surface area (TPSA) is 38.9 Å². The van der Waals surface area contributed by atoms with Crippen LogP contribution in [0.25, 0.3) is 0 Å². The van der Waals surface area contributed by atoms with Gasteiger partial charge in [0.25, 0.3) is 5.22 Å². The average Bonchev–Trinajstić information content (AvgIpc) is 2.58. The Hall–Kier alpha value is -0.160. The lowest BCUT2D eigenvalue weighted by atomic mass is 9.97. The predicted molar refractivity (Wildman–Crippen MR) is 75.9 cm³/mol. The maximum atomic E-state index is 5.61. The highest BCUT2D eigenvalue weighted by molar-refractivity contribution is 8.03. The molecule has 0 spiro atoms. The first-order chi connectivity index (χ1) is 7.68. The molecule has 1 heterocycles. The first kappa shape index (κ1) is 14.9. The molecule has 0 atom stereocenters. The van der Waals surface area contributed by atoms with Crippen LogP contribution in [0.4, 0.5) is 0 Å². The number of hydrogen-bond donors (Lipinski definition) is 0. The van der Waals surface area contributed by atoms with Gasteiger partial charge in [0.05, 0.1) is 0 Å². The van der Waals surface area contributed by atoms with Crippen molar-refractivity contribution in [1.29, 1.82) is 0 Å². The summed E-state index contributed by atoms with van der Waals surface area (Å²) in [5.41, 5.74) is -0.0635. The Kier molecular flexibility index (Phi) is 4.95. The molecule has 17 heavy (non-hydrogen) atoms. The molecule has 0 fully saturated rings. The van der Waals surface area contributed by atoms with Gasteiger partial charge in [-0.2, -0.15) is 11.8 Å². The van der Waals surface area contributed by atoms with Gasteiger partial charge < -0.3 is 4.42 Å². The smallest absolute Gasteiger partial charge is 0.276 e. The maximum Gasteiger partial charge on any atom is 0.276 e. The first-order valence-corrected chi connectivity index (χ1v) is 7.76. The van der Waals surface area contributed by atoms with Crippen molar-refractivity contribution in [2.75, 3.05) is 11.5 Å². The summed E-state index contributed by atoms with van der Waals surface area (Å²) in [7, 11) is 0. The van der Waals surface area contributed by atoms with Gasteiger partial charge in [0.2, 0.25) is 5.89 Å². The third kappa shape index (κ3) is 5.82. The van der Waals surface area contributed by atoms with Crippen LogP contribution in [0.3, 0.4) is 0 Å². The van der Waals surface area contributed by atoms with E-state index in [1.165, 1.54) is 0 Å². The summed E-state index contributed by atoms with van der Waals surface area (Å²) >= 11 is 3.59. The Morgan fingerprint density at radius 2 is 1.65 bits per heavy atom. The standard InChI is InChI=1S/C12H22N2OS2/c1-11(2,3)9-13-14-10(15-9)16-7-8-17-12(4,5)6/h7-8H2,1-6H3. The van der Waals surface area contributed by atoms with Crippen molar-refractivity contribution in [1.82, 2.24) is 10.2 Å². The highest BCUT2D eigenvalue weighted by atomic mass is 32.2. The second-order valence-electron chi connectivity index (χ2n) is 5.93. The molecule has 98 valence electrons. The van der Waals surface area contributed by atoms with E-state index in [-0.39, 0.29) is 5.41 Å². The van der Waals surface area contributed by atoms with E-state index in [1.807, 2.05) is 11.8 Å². The van der Waals surface area contributed by atoms with E-state index in [1.54, 1.807) is 11.8 Å². The predicted octanol–water partition coefficient (Wildman–Crippen LogP) is 3.99. The van der Waals surface area contributed by atoms with E-state index < -0.39 is 0 Å². The van der Waals surface area contributed by atoms with E-state index >= 15 is 0 Å². The molecule has 0 saturated heterocycles. The number of rotatable bonds is 4. The van der Waals surface area contributed by atoms with Crippen molar-refractivity contribution in [2.24, 2.45) is 0 Å². The second kappa shape index (κ2) is 5.65. The normalized spacial score (nSPS) is 13.1. The zero-order valence-corrected chi connectivity index (χ0v) is 13.2. The van der Waals surface area contributed by atoms with Crippen LogP contribution in [-0.4, -0.2) is 26.5 Å². The molecule has 1 aromatic heterocycles. The van der Waals surface area contributed by atoms with E-state index in [0.717, 1.165) is 11.5 Å². The largest absolute Gasteiger partial charge is 0.415 e. The average molecular weight is 274 g/mol. The quantitative estimate of drug-likeness (QED) is 0.613. The number of aromatic nitrogens is 2. The fraction of sp³-hybridized carbons (Fsp3) is 0.833. The van der Waals surface area contributed by atoms with Crippen molar-refractivity contribution in [3.63, 3.8) is 0 Å². The van der Waals surface area contributed by atoms with Crippen molar-refractivity contribution >= 4 is 23.5 Å². The van der Waals surface area contributed by atoms with Gasteiger partial charge in [0, 0.05) is 21.7 Å². The van der Waals surface area contributed by atoms with Gasteiger partial charge in [-0.25, -0.2) is 0 Å². The van der Waals surface area contributed by atoms with Crippen LogP contribution in [0.5, 0.6) is 0 Å². The SMILES string of the molecule is CC(C)(C)SCCSc1nnc(C(C)(C)C)o1. The van der Waals surface area contributed by atoms with Gasteiger partial charge in [-0.15, -0.1) is 10.2 Å². The van der Waals surface area contributed by atoms with Gasteiger partial charge in [0.15, 0.2) is 0 Å². The Morgan fingerprint density at radius 1 is 1.00 bits per heavy atom. The molecular formula is C12H22N2OS2. The lowest BCUT2D eigenvalue weighted by Gasteiger charge is -2.16. The van der Waals surface area contributed by atoms with Gasteiger partial charge >= 0.3 is 0 Å². The van der Waals surface area contributed by atoms with Gasteiger partial charge in [-0.3, -0.25) is 0 Å². The highest BCUT2D eigenvalue weighted by Crippen LogP contribution is 2.27.